The highest BCUT2D eigenvalue weighted by Crippen LogP contribution is 2.30. The fourth-order valence-corrected chi connectivity index (χ4v) is 2.32. The van der Waals surface area contributed by atoms with Gasteiger partial charge >= 0.3 is 0 Å². The molecule has 0 saturated heterocycles. The van der Waals surface area contributed by atoms with Crippen LogP contribution in [0.4, 0.5) is 5.82 Å². The van der Waals surface area contributed by atoms with Crippen molar-refractivity contribution in [2.75, 3.05) is 12.4 Å². The number of hydrogen-bond donors (Lipinski definition) is 1. The SMILES string of the molecule is CCCC(=O)Nc1ccn2ncc(-c3cccnc3OC)c2n1. The number of amides is 1. The summed E-state index contributed by atoms with van der Waals surface area (Å²) in [7, 11) is 1.57. The zero-order valence-corrected chi connectivity index (χ0v) is 13.0. The predicted molar refractivity (Wildman–Crippen MR) is 86.3 cm³/mol. The van der Waals surface area contributed by atoms with Crippen LogP contribution in [-0.4, -0.2) is 32.6 Å². The summed E-state index contributed by atoms with van der Waals surface area (Å²) in [4.78, 5) is 20.4. The number of fused-ring (bicyclic) bond motifs is 1. The topological polar surface area (TPSA) is 81.4 Å². The molecular weight excluding hydrogens is 294 g/mol. The van der Waals surface area contributed by atoms with Crippen LogP contribution in [0.25, 0.3) is 16.8 Å². The molecule has 3 rings (SSSR count). The van der Waals surface area contributed by atoms with Crippen molar-refractivity contribution in [1.82, 2.24) is 19.6 Å². The molecular formula is C16H17N5O2. The van der Waals surface area contributed by atoms with Gasteiger partial charge in [0, 0.05) is 24.4 Å². The molecule has 3 aromatic rings. The van der Waals surface area contributed by atoms with Crippen LogP contribution in [0.2, 0.25) is 0 Å². The van der Waals surface area contributed by atoms with Crippen molar-refractivity contribution in [2.45, 2.75) is 19.8 Å². The molecule has 23 heavy (non-hydrogen) atoms. The standard InChI is InChI=1S/C16H17N5O2/c1-3-5-14(22)19-13-7-9-21-15(20-13)12(10-18-21)11-6-4-8-17-16(11)23-2/h4,6-10H,3,5H2,1-2H3,(H,19,20,22). The molecule has 0 aromatic carbocycles. The number of carbonyl (C=O) groups is 1. The first kappa shape index (κ1) is 15.0. The van der Waals surface area contributed by atoms with Gasteiger partial charge in [-0.1, -0.05) is 6.92 Å². The number of ether oxygens (including phenoxy) is 1. The van der Waals surface area contributed by atoms with E-state index in [4.69, 9.17) is 4.74 Å². The molecule has 0 atom stereocenters. The van der Waals surface area contributed by atoms with Gasteiger partial charge in [-0.05, 0) is 24.6 Å². The van der Waals surface area contributed by atoms with Crippen LogP contribution >= 0.6 is 0 Å². The Kier molecular flexibility index (Phi) is 4.18. The van der Waals surface area contributed by atoms with E-state index in [0.717, 1.165) is 17.5 Å². The molecule has 1 N–H and O–H groups in total. The minimum absolute atomic E-state index is 0.0515. The molecule has 7 heteroatoms. The Balaban J connectivity index is 2.03. The van der Waals surface area contributed by atoms with Gasteiger partial charge in [-0.2, -0.15) is 5.10 Å². The average Bonchev–Trinajstić information content (AvgIpc) is 2.98. The molecule has 0 radical (unpaired) electrons. The normalized spacial score (nSPS) is 10.7. The fraction of sp³-hybridized carbons (Fsp3) is 0.250. The number of nitrogens with zero attached hydrogens (tertiary/aromatic N) is 4. The average molecular weight is 311 g/mol. The molecule has 0 unspecified atom stereocenters. The van der Waals surface area contributed by atoms with Crippen LogP contribution in [-0.2, 0) is 4.79 Å². The minimum Gasteiger partial charge on any atom is -0.481 e. The van der Waals surface area contributed by atoms with Gasteiger partial charge in [0.1, 0.15) is 5.82 Å². The molecule has 0 bridgehead atoms. The lowest BCUT2D eigenvalue weighted by atomic mass is 10.1. The second-order valence-electron chi connectivity index (χ2n) is 5.00. The van der Waals surface area contributed by atoms with Crippen molar-refractivity contribution in [3.05, 3.63) is 36.8 Å². The Labute approximate surface area is 133 Å². The predicted octanol–water partition coefficient (Wildman–Crippen LogP) is 2.54. The van der Waals surface area contributed by atoms with Gasteiger partial charge in [0.05, 0.1) is 18.9 Å². The molecule has 0 saturated carbocycles. The Morgan fingerprint density at radius 1 is 1.35 bits per heavy atom. The molecule has 0 aliphatic heterocycles. The number of rotatable bonds is 5. The van der Waals surface area contributed by atoms with Crippen molar-refractivity contribution in [3.63, 3.8) is 0 Å². The second kappa shape index (κ2) is 6.43. The Morgan fingerprint density at radius 2 is 2.22 bits per heavy atom. The number of carbonyl (C=O) groups excluding carboxylic acids is 1. The highest BCUT2D eigenvalue weighted by atomic mass is 16.5. The number of aromatic nitrogens is 4. The third-order valence-corrected chi connectivity index (χ3v) is 3.37. The monoisotopic (exact) mass is 311 g/mol. The first-order valence-electron chi connectivity index (χ1n) is 7.36. The van der Waals surface area contributed by atoms with Crippen molar-refractivity contribution in [1.29, 1.82) is 0 Å². The van der Waals surface area contributed by atoms with E-state index >= 15 is 0 Å². The molecule has 3 heterocycles. The van der Waals surface area contributed by atoms with Gasteiger partial charge in [-0.15, -0.1) is 0 Å². The van der Waals surface area contributed by atoms with Crippen LogP contribution in [0.5, 0.6) is 5.88 Å². The van der Waals surface area contributed by atoms with Crippen LogP contribution in [0.3, 0.4) is 0 Å². The quantitative estimate of drug-likeness (QED) is 0.783. The molecule has 0 fully saturated rings. The number of anilines is 1. The number of methoxy groups -OCH3 is 1. The summed E-state index contributed by atoms with van der Waals surface area (Å²) in [5.74, 6) is 0.953. The van der Waals surface area contributed by atoms with Crippen LogP contribution < -0.4 is 10.1 Å². The van der Waals surface area contributed by atoms with Crippen molar-refractivity contribution in [3.8, 4) is 17.0 Å². The summed E-state index contributed by atoms with van der Waals surface area (Å²) in [6.45, 7) is 1.96. The lowest BCUT2D eigenvalue weighted by molar-refractivity contribution is -0.116. The maximum atomic E-state index is 11.7. The molecule has 0 aliphatic carbocycles. The van der Waals surface area contributed by atoms with Gasteiger partial charge in [0.25, 0.3) is 0 Å². The van der Waals surface area contributed by atoms with Gasteiger partial charge in [-0.3, -0.25) is 4.79 Å². The smallest absolute Gasteiger partial charge is 0.225 e. The van der Waals surface area contributed by atoms with E-state index in [9.17, 15) is 4.79 Å². The van der Waals surface area contributed by atoms with Crippen LogP contribution in [0, 0.1) is 0 Å². The summed E-state index contributed by atoms with van der Waals surface area (Å²) in [6, 6.07) is 5.44. The zero-order valence-electron chi connectivity index (χ0n) is 13.0. The van der Waals surface area contributed by atoms with Crippen LogP contribution in [0.15, 0.2) is 36.8 Å². The number of hydrogen-bond acceptors (Lipinski definition) is 5. The van der Waals surface area contributed by atoms with E-state index in [1.807, 2.05) is 19.1 Å². The van der Waals surface area contributed by atoms with Gasteiger partial charge in [0.15, 0.2) is 5.65 Å². The second-order valence-corrected chi connectivity index (χ2v) is 5.00. The molecule has 0 aliphatic rings. The summed E-state index contributed by atoms with van der Waals surface area (Å²) in [6.07, 6.45) is 6.39. The van der Waals surface area contributed by atoms with Crippen molar-refractivity contribution >= 4 is 17.4 Å². The molecule has 118 valence electrons. The maximum Gasteiger partial charge on any atom is 0.225 e. The Morgan fingerprint density at radius 3 is 3.00 bits per heavy atom. The summed E-state index contributed by atoms with van der Waals surface area (Å²) >= 11 is 0. The first-order chi connectivity index (χ1) is 11.2. The summed E-state index contributed by atoms with van der Waals surface area (Å²) < 4.78 is 6.95. The van der Waals surface area contributed by atoms with Gasteiger partial charge in [0.2, 0.25) is 11.8 Å². The van der Waals surface area contributed by atoms with E-state index in [1.165, 1.54) is 0 Å². The van der Waals surface area contributed by atoms with E-state index in [1.54, 1.807) is 36.3 Å². The summed E-state index contributed by atoms with van der Waals surface area (Å²) in [5.41, 5.74) is 2.22. The van der Waals surface area contributed by atoms with Gasteiger partial charge < -0.3 is 10.1 Å². The molecule has 1 amide bonds. The molecule has 7 nitrogen and oxygen atoms in total. The van der Waals surface area contributed by atoms with Crippen LogP contribution in [0.1, 0.15) is 19.8 Å². The van der Waals surface area contributed by atoms with Crippen molar-refractivity contribution in [2.24, 2.45) is 0 Å². The Bertz CT molecular complexity index is 843. The lowest BCUT2D eigenvalue weighted by Crippen LogP contribution is -2.12. The minimum atomic E-state index is -0.0515. The fourth-order valence-electron chi connectivity index (χ4n) is 2.32. The summed E-state index contributed by atoms with van der Waals surface area (Å²) in [5, 5.41) is 7.08. The largest absolute Gasteiger partial charge is 0.481 e. The highest BCUT2D eigenvalue weighted by Gasteiger charge is 2.14. The lowest BCUT2D eigenvalue weighted by Gasteiger charge is -2.06. The zero-order chi connectivity index (χ0) is 16.2. The maximum absolute atomic E-state index is 11.7. The van der Waals surface area contributed by atoms with Gasteiger partial charge in [-0.25, -0.2) is 14.5 Å². The van der Waals surface area contributed by atoms with E-state index in [2.05, 4.69) is 20.4 Å². The molecule has 0 spiro atoms. The molecule has 3 aromatic heterocycles. The first-order valence-corrected chi connectivity index (χ1v) is 7.36. The van der Waals surface area contributed by atoms with E-state index in [-0.39, 0.29) is 5.91 Å². The Hall–Kier alpha value is -2.96. The van der Waals surface area contributed by atoms with Crippen molar-refractivity contribution < 1.29 is 9.53 Å². The highest BCUT2D eigenvalue weighted by molar-refractivity contribution is 5.90. The number of nitrogens with one attached hydrogen (secondary N) is 1. The third-order valence-electron chi connectivity index (χ3n) is 3.37. The third kappa shape index (κ3) is 2.98. The van der Waals surface area contributed by atoms with E-state index < -0.39 is 0 Å². The van der Waals surface area contributed by atoms with E-state index in [0.29, 0.717) is 23.8 Å². The number of pyridine rings is 1.